The highest BCUT2D eigenvalue weighted by Crippen LogP contribution is 2.30. The summed E-state index contributed by atoms with van der Waals surface area (Å²) < 4.78 is 38.4. The summed E-state index contributed by atoms with van der Waals surface area (Å²) in [5.41, 5.74) is 0.00257. The second-order valence-corrected chi connectivity index (χ2v) is 7.89. The van der Waals surface area contributed by atoms with E-state index in [0.29, 0.717) is 5.69 Å². The molecule has 2 amide bonds. The van der Waals surface area contributed by atoms with Crippen molar-refractivity contribution in [1.82, 2.24) is 5.32 Å². The van der Waals surface area contributed by atoms with Gasteiger partial charge in [-0.15, -0.1) is 0 Å². The second-order valence-electron chi connectivity index (χ2n) is 7.48. The molecular formula is C22H23ClF3N3O2. The van der Waals surface area contributed by atoms with Crippen molar-refractivity contribution < 1.29 is 22.8 Å². The normalized spacial score (nSPS) is 14.7. The summed E-state index contributed by atoms with van der Waals surface area (Å²) in [6, 6.07) is 9.28. The molecule has 5 nitrogen and oxygen atoms in total. The molecule has 0 spiro atoms. The first-order valence-corrected chi connectivity index (χ1v) is 10.4. The van der Waals surface area contributed by atoms with Crippen LogP contribution in [0.5, 0.6) is 0 Å². The predicted molar refractivity (Wildman–Crippen MR) is 114 cm³/mol. The highest BCUT2D eigenvalue weighted by molar-refractivity contribution is 6.34. The molecule has 9 heteroatoms. The molecule has 31 heavy (non-hydrogen) atoms. The van der Waals surface area contributed by atoms with Gasteiger partial charge in [0, 0.05) is 17.4 Å². The maximum atomic E-state index is 12.8. The molecular weight excluding hydrogens is 431 g/mol. The monoisotopic (exact) mass is 453 g/mol. The molecule has 2 aromatic carbocycles. The average molecular weight is 454 g/mol. The van der Waals surface area contributed by atoms with Gasteiger partial charge in [0.1, 0.15) is 0 Å². The van der Waals surface area contributed by atoms with Crippen LogP contribution >= 0.6 is 11.6 Å². The number of nitrogens with one attached hydrogen (secondary N) is 3. The van der Waals surface area contributed by atoms with Crippen molar-refractivity contribution in [2.45, 2.75) is 44.3 Å². The molecule has 0 bridgehead atoms. The van der Waals surface area contributed by atoms with Crippen LogP contribution in [0.15, 0.2) is 42.5 Å². The van der Waals surface area contributed by atoms with E-state index in [-0.39, 0.29) is 34.8 Å². The minimum atomic E-state index is -4.46. The lowest BCUT2D eigenvalue weighted by atomic mass is 9.95. The number of halogens is 4. The summed E-state index contributed by atoms with van der Waals surface area (Å²) in [4.78, 5) is 24.8. The predicted octanol–water partition coefficient (Wildman–Crippen LogP) is 5.47. The van der Waals surface area contributed by atoms with Crippen molar-refractivity contribution in [2.75, 3.05) is 17.2 Å². The number of alkyl halides is 3. The summed E-state index contributed by atoms with van der Waals surface area (Å²) in [7, 11) is 0. The first-order chi connectivity index (χ1) is 14.7. The number of hydrogen-bond donors (Lipinski definition) is 3. The van der Waals surface area contributed by atoms with Crippen LogP contribution in [-0.4, -0.2) is 24.4 Å². The number of amides is 2. The molecule has 3 rings (SSSR count). The summed E-state index contributed by atoms with van der Waals surface area (Å²) in [5.74, 6) is -0.770. The van der Waals surface area contributed by atoms with Gasteiger partial charge in [0.15, 0.2) is 0 Å². The molecule has 0 unspecified atom stereocenters. The molecule has 0 atom stereocenters. The van der Waals surface area contributed by atoms with Gasteiger partial charge in [-0.3, -0.25) is 9.59 Å². The number of carbonyl (C=O) groups is 2. The Hall–Kier alpha value is -2.74. The van der Waals surface area contributed by atoms with Gasteiger partial charge in [-0.2, -0.15) is 13.2 Å². The Morgan fingerprint density at radius 3 is 2.45 bits per heavy atom. The maximum absolute atomic E-state index is 12.8. The lowest BCUT2D eigenvalue weighted by Crippen LogP contribution is -2.36. The molecule has 1 saturated carbocycles. The van der Waals surface area contributed by atoms with Crippen LogP contribution in [0.25, 0.3) is 0 Å². The van der Waals surface area contributed by atoms with Gasteiger partial charge in [0.2, 0.25) is 5.91 Å². The van der Waals surface area contributed by atoms with Crippen LogP contribution < -0.4 is 16.0 Å². The minimum Gasteiger partial charge on any atom is -0.376 e. The van der Waals surface area contributed by atoms with Crippen LogP contribution in [0, 0.1) is 0 Å². The summed E-state index contributed by atoms with van der Waals surface area (Å²) in [6.45, 7) is -0.243. The second kappa shape index (κ2) is 10.0. The Morgan fingerprint density at radius 2 is 1.74 bits per heavy atom. The quantitative estimate of drug-likeness (QED) is 0.543. The van der Waals surface area contributed by atoms with Crippen LogP contribution in [0.2, 0.25) is 5.02 Å². The van der Waals surface area contributed by atoms with Crippen molar-refractivity contribution >= 4 is 34.8 Å². The smallest absolute Gasteiger partial charge is 0.376 e. The van der Waals surface area contributed by atoms with E-state index in [4.69, 9.17) is 11.6 Å². The van der Waals surface area contributed by atoms with Gasteiger partial charge >= 0.3 is 6.18 Å². The van der Waals surface area contributed by atoms with E-state index in [9.17, 15) is 22.8 Å². The van der Waals surface area contributed by atoms with E-state index in [1.54, 1.807) is 6.07 Å². The van der Waals surface area contributed by atoms with Gasteiger partial charge in [-0.25, -0.2) is 0 Å². The Bertz CT molecular complexity index is 944. The molecule has 1 fully saturated rings. The van der Waals surface area contributed by atoms with E-state index in [2.05, 4.69) is 16.0 Å². The molecule has 0 aliphatic heterocycles. The highest BCUT2D eigenvalue weighted by Gasteiger charge is 2.30. The van der Waals surface area contributed by atoms with Crippen molar-refractivity contribution in [2.24, 2.45) is 0 Å². The molecule has 0 radical (unpaired) electrons. The number of carbonyl (C=O) groups excluding carboxylic acids is 2. The zero-order chi connectivity index (χ0) is 22.4. The largest absolute Gasteiger partial charge is 0.416 e. The van der Waals surface area contributed by atoms with Crippen molar-refractivity contribution in [1.29, 1.82) is 0 Å². The zero-order valence-corrected chi connectivity index (χ0v) is 17.4. The number of rotatable bonds is 6. The number of hydrogen-bond acceptors (Lipinski definition) is 3. The maximum Gasteiger partial charge on any atom is 0.416 e. The fourth-order valence-electron chi connectivity index (χ4n) is 3.48. The zero-order valence-electron chi connectivity index (χ0n) is 16.7. The fraction of sp³-hybridized carbons (Fsp3) is 0.364. The molecule has 0 heterocycles. The summed E-state index contributed by atoms with van der Waals surface area (Å²) in [5, 5.41) is 8.54. The molecule has 2 aromatic rings. The number of anilines is 2. The highest BCUT2D eigenvalue weighted by atomic mass is 35.5. The summed E-state index contributed by atoms with van der Waals surface area (Å²) in [6.07, 6.45) is 0.727. The van der Waals surface area contributed by atoms with E-state index >= 15 is 0 Å². The van der Waals surface area contributed by atoms with Crippen LogP contribution in [0.1, 0.15) is 48.0 Å². The molecule has 0 aromatic heterocycles. The Balaban J connectivity index is 1.59. The lowest BCUT2D eigenvalue weighted by molar-refractivity contribution is -0.137. The minimum absolute atomic E-state index is 0.118. The van der Waals surface area contributed by atoms with Crippen LogP contribution in [0.3, 0.4) is 0 Å². The fourth-order valence-corrected chi connectivity index (χ4v) is 3.68. The van der Waals surface area contributed by atoms with Gasteiger partial charge < -0.3 is 16.0 Å². The average Bonchev–Trinajstić information content (AvgIpc) is 2.74. The third-order valence-electron chi connectivity index (χ3n) is 5.08. The Labute approximate surface area is 183 Å². The lowest BCUT2D eigenvalue weighted by Gasteiger charge is -2.23. The topological polar surface area (TPSA) is 70.2 Å². The molecule has 166 valence electrons. The SMILES string of the molecule is O=C(CNc1cccc(C(F)(F)F)c1)Nc1ccc(Cl)c(C(=O)NC2CCCCC2)c1. The standard InChI is InChI=1S/C22H23ClF3N3O2/c23-19-10-9-17(12-18(19)21(31)29-15-6-2-1-3-7-15)28-20(30)13-27-16-8-4-5-14(11-16)22(24,25)26/h4-5,8-12,15,27H,1-3,6-7,13H2,(H,28,30)(H,29,31). The molecule has 1 aliphatic carbocycles. The molecule has 0 saturated heterocycles. The number of benzene rings is 2. The van der Waals surface area contributed by atoms with Crippen molar-refractivity contribution in [3.63, 3.8) is 0 Å². The van der Waals surface area contributed by atoms with Crippen LogP contribution in [-0.2, 0) is 11.0 Å². The Kier molecular flexibility index (Phi) is 7.43. The van der Waals surface area contributed by atoms with Crippen LogP contribution in [0.4, 0.5) is 24.5 Å². The van der Waals surface area contributed by atoms with Gasteiger partial charge in [-0.1, -0.05) is 36.9 Å². The molecule has 1 aliphatic rings. The summed E-state index contributed by atoms with van der Waals surface area (Å²) >= 11 is 6.16. The van der Waals surface area contributed by atoms with Gasteiger partial charge in [0.25, 0.3) is 5.91 Å². The van der Waals surface area contributed by atoms with E-state index < -0.39 is 17.6 Å². The third kappa shape index (κ3) is 6.62. The van der Waals surface area contributed by atoms with E-state index in [0.717, 1.165) is 37.8 Å². The van der Waals surface area contributed by atoms with Gasteiger partial charge in [-0.05, 0) is 49.2 Å². The molecule has 3 N–H and O–H groups in total. The first kappa shape index (κ1) is 22.9. The first-order valence-electron chi connectivity index (χ1n) is 10.0. The van der Waals surface area contributed by atoms with Crippen molar-refractivity contribution in [3.05, 3.63) is 58.6 Å². The van der Waals surface area contributed by atoms with E-state index in [1.807, 2.05) is 0 Å². The van der Waals surface area contributed by atoms with E-state index in [1.165, 1.54) is 30.7 Å². The van der Waals surface area contributed by atoms with Crippen molar-refractivity contribution in [3.8, 4) is 0 Å². The third-order valence-corrected chi connectivity index (χ3v) is 5.41. The Morgan fingerprint density at radius 1 is 1.00 bits per heavy atom. The van der Waals surface area contributed by atoms with Gasteiger partial charge in [0.05, 0.1) is 22.7 Å².